The van der Waals surface area contributed by atoms with E-state index in [0.29, 0.717) is 18.4 Å². The Kier molecular flexibility index (Phi) is 12.3. The molecular weight excluding hydrogens is 442 g/mol. The fourth-order valence-corrected chi connectivity index (χ4v) is 2.58. The molecule has 0 aliphatic carbocycles. The van der Waals surface area contributed by atoms with E-state index in [2.05, 4.69) is 0 Å². The number of hydrogen-bond donors (Lipinski definition) is 1. The van der Waals surface area contributed by atoms with Gasteiger partial charge in [-0.2, -0.15) is 0 Å². The molecule has 1 rings (SSSR count). The Morgan fingerprint density at radius 2 is 1.41 bits per heavy atom. The lowest BCUT2D eigenvalue weighted by molar-refractivity contribution is -0.158. The highest BCUT2D eigenvalue weighted by atomic mass is 16.6. The largest absolute Gasteiger partial charge is 0.461 e. The second-order valence-corrected chi connectivity index (χ2v) is 8.34. The Labute approximate surface area is 201 Å². The van der Waals surface area contributed by atoms with Gasteiger partial charge in [-0.05, 0) is 43.9 Å². The second kappa shape index (κ2) is 14.3. The standard InChI is InChI=1S/C25H37NO8/c1-7-15(4)23(28)33-20-11-10-18(13-21(20)34-24(29)16(5)8-2)12-19(26)25(30)31-14-17(6)32-22(27)9-3/h10-11,13,15-17,19H,7-9,12,14,26H2,1-6H3/t15?,16?,17-,19-/m0/s1. The van der Waals surface area contributed by atoms with Crippen molar-refractivity contribution in [2.24, 2.45) is 17.6 Å². The molecule has 0 bridgehead atoms. The van der Waals surface area contributed by atoms with E-state index in [4.69, 9.17) is 24.7 Å². The number of hydrogen-bond acceptors (Lipinski definition) is 9. The normalized spacial score (nSPS) is 14.3. The number of carbonyl (C=O) groups is 4. The Morgan fingerprint density at radius 1 is 0.853 bits per heavy atom. The van der Waals surface area contributed by atoms with Gasteiger partial charge in [0.1, 0.15) is 18.8 Å². The van der Waals surface area contributed by atoms with E-state index in [1.165, 1.54) is 12.1 Å². The van der Waals surface area contributed by atoms with Crippen LogP contribution in [0.2, 0.25) is 0 Å². The maximum Gasteiger partial charge on any atom is 0.323 e. The molecule has 0 aromatic heterocycles. The minimum Gasteiger partial charge on any atom is -0.461 e. The first-order valence-electron chi connectivity index (χ1n) is 11.7. The van der Waals surface area contributed by atoms with Crippen LogP contribution in [0.3, 0.4) is 0 Å². The third-order valence-electron chi connectivity index (χ3n) is 5.30. The molecule has 0 aliphatic heterocycles. The number of benzene rings is 1. The van der Waals surface area contributed by atoms with Gasteiger partial charge in [-0.15, -0.1) is 0 Å². The third-order valence-corrected chi connectivity index (χ3v) is 5.30. The lowest BCUT2D eigenvalue weighted by atomic mass is 10.1. The van der Waals surface area contributed by atoms with Crippen LogP contribution in [-0.4, -0.2) is 42.6 Å². The summed E-state index contributed by atoms with van der Waals surface area (Å²) in [7, 11) is 0. The zero-order valence-corrected chi connectivity index (χ0v) is 20.9. The van der Waals surface area contributed by atoms with Crippen LogP contribution < -0.4 is 15.2 Å². The van der Waals surface area contributed by atoms with Gasteiger partial charge in [0.05, 0.1) is 11.8 Å². The summed E-state index contributed by atoms with van der Waals surface area (Å²) >= 11 is 0. The summed E-state index contributed by atoms with van der Waals surface area (Å²) in [6, 6.07) is 3.68. The zero-order valence-electron chi connectivity index (χ0n) is 20.9. The molecule has 34 heavy (non-hydrogen) atoms. The van der Waals surface area contributed by atoms with Gasteiger partial charge in [0.15, 0.2) is 11.5 Å². The number of carbonyl (C=O) groups excluding carboxylic acids is 4. The van der Waals surface area contributed by atoms with Crippen LogP contribution in [0.4, 0.5) is 0 Å². The third kappa shape index (κ3) is 9.51. The quantitative estimate of drug-likeness (QED) is 0.334. The number of rotatable bonds is 13. The van der Waals surface area contributed by atoms with Crippen molar-refractivity contribution < 1.29 is 38.1 Å². The van der Waals surface area contributed by atoms with Crippen LogP contribution in [0.1, 0.15) is 66.4 Å². The second-order valence-electron chi connectivity index (χ2n) is 8.34. The summed E-state index contributed by atoms with van der Waals surface area (Å²) in [5.74, 6) is -2.41. The molecule has 0 spiro atoms. The van der Waals surface area contributed by atoms with E-state index >= 15 is 0 Å². The van der Waals surface area contributed by atoms with Crippen molar-refractivity contribution in [3.63, 3.8) is 0 Å². The van der Waals surface area contributed by atoms with Crippen LogP contribution in [0.25, 0.3) is 0 Å². The Morgan fingerprint density at radius 3 is 1.94 bits per heavy atom. The predicted molar refractivity (Wildman–Crippen MR) is 125 cm³/mol. The van der Waals surface area contributed by atoms with E-state index < -0.39 is 30.1 Å². The average Bonchev–Trinajstić information content (AvgIpc) is 2.82. The van der Waals surface area contributed by atoms with Gasteiger partial charge in [-0.3, -0.25) is 19.2 Å². The first-order chi connectivity index (χ1) is 16.0. The molecule has 0 saturated carbocycles. The highest BCUT2D eigenvalue weighted by Crippen LogP contribution is 2.31. The predicted octanol–water partition coefficient (Wildman–Crippen LogP) is 3.34. The van der Waals surface area contributed by atoms with Gasteiger partial charge in [0, 0.05) is 6.42 Å². The fraction of sp³-hybridized carbons (Fsp3) is 0.600. The molecule has 1 aromatic carbocycles. The van der Waals surface area contributed by atoms with E-state index in [1.807, 2.05) is 13.8 Å². The van der Waals surface area contributed by atoms with Crippen molar-refractivity contribution in [2.75, 3.05) is 6.61 Å². The molecule has 0 aliphatic rings. The Balaban J connectivity index is 2.93. The van der Waals surface area contributed by atoms with Crippen molar-refractivity contribution in [1.82, 2.24) is 0 Å². The van der Waals surface area contributed by atoms with Gasteiger partial charge < -0.3 is 24.7 Å². The highest BCUT2D eigenvalue weighted by molar-refractivity contribution is 5.79. The molecule has 9 heteroatoms. The first-order valence-corrected chi connectivity index (χ1v) is 11.7. The average molecular weight is 480 g/mol. The van der Waals surface area contributed by atoms with Gasteiger partial charge >= 0.3 is 23.9 Å². The summed E-state index contributed by atoms with van der Waals surface area (Å²) in [6.45, 7) is 10.4. The van der Waals surface area contributed by atoms with Gasteiger partial charge in [-0.25, -0.2) is 0 Å². The summed E-state index contributed by atoms with van der Waals surface area (Å²) in [6.07, 6.45) is 0.921. The van der Waals surface area contributed by atoms with E-state index in [1.54, 1.807) is 33.8 Å². The van der Waals surface area contributed by atoms with Gasteiger partial charge in [0.2, 0.25) is 0 Å². The molecule has 4 atom stereocenters. The minimum atomic E-state index is -0.999. The maximum absolute atomic E-state index is 12.4. The molecule has 0 heterocycles. The SMILES string of the molecule is CCC(=O)O[C@@H](C)COC(=O)[C@@H](N)Cc1ccc(OC(=O)C(C)CC)c(OC(=O)C(C)CC)c1. The Hall–Kier alpha value is -2.94. The van der Waals surface area contributed by atoms with Crippen LogP contribution in [0, 0.1) is 11.8 Å². The van der Waals surface area contributed by atoms with Crippen LogP contribution in [-0.2, 0) is 35.1 Å². The molecule has 0 fully saturated rings. The molecule has 2 N–H and O–H groups in total. The van der Waals surface area contributed by atoms with Crippen molar-refractivity contribution in [3.05, 3.63) is 23.8 Å². The zero-order chi connectivity index (χ0) is 25.8. The molecule has 0 saturated heterocycles. The van der Waals surface area contributed by atoms with Crippen molar-refractivity contribution in [1.29, 1.82) is 0 Å². The van der Waals surface area contributed by atoms with E-state index in [-0.39, 0.29) is 48.8 Å². The molecular formula is C25H37NO8. The van der Waals surface area contributed by atoms with E-state index in [0.717, 1.165) is 0 Å². The molecule has 0 amide bonds. The van der Waals surface area contributed by atoms with Crippen LogP contribution in [0.15, 0.2) is 18.2 Å². The van der Waals surface area contributed by atoms with Crippen molar-refractivity contribution >= 4 is 23.9 Å². The summed E-state index contributed by atoms with van der Waals surface area (Å²) in [5.41, 5.74) is 6.57. The molecule has 190 valence electrons. The molecule has 0 radical (unpaired) electrons. The summed E-state index contributed by atoms with van der Waals surface area (Å²) in [4.78, 5) is 48.2. The van der Waals surface area contributed by atoms with Gasteiger partial charge in [-0.1, -0.05) is 40.7 Å². The monoisotopic (exact) mass is 479 g/mol. The topological polar surface area (TPSA) is 131 Å². The van der Waals surface area contributed by atoms with Crippen LogP contribution >= 0.6 is 0 Å². The smallest absolute Gasteiger partial charge is 0.323 e. The lowest BCUT2D eigenvalue weighted by Gasteiger charge is -2.17. The molecule has 2 unspecified atom stereocenters. The van der Waals surface area contributed by atoms with Crippen LogP contribution in [0.5, 0.6) is 11.5 Å². The molecule has 1 aromatic rings. The minimum absolute atomic E-state index is 0.0834. The highest BCUT2D eigenvalue weighted by Gasteiger charge is 2.22. The molecule has 9 nitrogen and oxygen atoms in total. The van der Waals surface area contributed by atoms with Crippen molar-refractivity contribution in [3.8, 4) is 11.5 Å². The summed E-state index contributed by atoms with van der Waals surface area (Å²) < 4.78 is 21.1. The number of ether oxygens (including phenoxy) is 4. The lowest BCUT2D eigenvalue weighted by Crippen LogP contribution is -2.36. The maximum atomic E-state index is 12.4. The fourth-order valence-electron chi connectivity index (χ4n) is 2.58. The first kappa shape index (κ1) is 29.1. The number of esters is 4. The van der Waals surface area contributed by atoms with Crippen molar-refractivity contribution in [2.45, 2.75) is 79.4 Å². The van der Waals surface area contributed by atoms with Gasteiger partial charge in [0.25, 0.3) is 0 Å². The summed E-state index contributed by atoms with van der Waals surface area (Å²) in [5, 5.41) is 0. The Bertz CT molecular complexity index is 853. The van der Waals surface area contributed by atoms with E-state index in [9.17, 15) is 19.2 Å². The number of nitrogens with two attached hydrogens (primary N) is 1.